The van der Waals surface area contributed by atoms with Crippen LogP contribution in [0.15, 0.2) is 11.3 Å². The summed E-state index contributed by atoms with van der Waals surface area (Å²) in [5.74, 6) is -1.36. The second kappa shape index (κ2) is 4.50. The summed E-state index contributed by atoms with van der Waals surface area (Å²) in [6.07, 6.45) is -0.994. The summed E-state index contributed by atoms with van der Waals surface area (Å²) in [7, 11) is 0. The largest absolute Gasteiger partial charge is 0.477 e. The van der Waals surface area contributed by atoms with Crippen molar-refractivity contribution in [3.63, 3.8) is 0 Å². The van der Waals surface area contributed by atoms with Gasteiger partial charge in [-0.3, -0.25) is 9.69 Å². The maximum Gasteiger partial charge on any atom is 0.404 e. The van der Waals surface area contributed by atoms with Crippen LogP contribution in [0.4, 0.5) is 4.79 Å². The Kier molecular flexibility index (Phi) is 3.18. The number of hydrogen-bond acceptors (Lipinski definition) is 6. The van der Waals surface area contributed by atoms with Gasteiger partial charge in [0.05, 0.1) is 0 Å². The molecule has 5 N–H and O–H groups in total. The lowest BCUT2D eigenvalue weighted by molar-refractivity contribution is -0.148. The van der Waals surface area contributed by atoms with E-state index in [4.69, 9.17) is 16.6 Å². The average Bonchev–Trinajstić information content (AvgIpc) is 2.33. The second-order valence-corrected chi connectivity index (χ2v) is 4.91. The standard InChI is InChI=1S/C9H11N3O5S/c10-4-6(13)12-5(8(14)15)3(1-17-9(11)16)2-18-7(4)12/h4,7H,1-2,10H2,(H2,11,16)(H,14,15). The molecule has 0 saturated carbocycles. The highest BCUT2D eigenvalue weighted by molar-refractivity contribution is 8.00. The maximum atomic E-state index is 11.6. The fourth-order valence-corrected chi connectivity index (χ4v) is 3.12. The first-order chi connectivity index (χ1) is 8.43. The van der Waals surface area contributed by atoms with Gasteiger partial charge in [-0.05, 0) is 0 Å². The Labute approximate surface area is 106 Å². The molecule has 9 heteroatoms. The summed E-state index contributed by atoms with van der Waals surface area (Å²) in [6, 6.07) is -0.678. The maximum absolute atomic E-state index is 11.6. The van der Waals surface area contributed by atoms with Gasteiger partial charge in [0.25, 0.3) is 0 Å². The van der Waals surface area contributed by atoms with E-state index in [1.165, 1.54) is 11.8 Å². The molecule has 0 aromatic carbocycles. The molecule has 0 spiro atoms. The van der Waals surface area contributed by atoms with E-state index in [2.05, 4.69) is 4.74 Å². The molecule has 2 atom stereocenters. The Bertz CT molecular complexity index is 463. The van der Waals surface area contributed by atoms with E-state index in [-0.39, 0.29) is 17.7 Å². The molecule has 2 unspecified atom stereocenters. The third kappa shape index (κ3) is 1.91. The van der Waals surface area contributed by atoms with Crippen molar-refractivity contribution in [3.8, 4) is 0 Å². The van der Waals surface area contributed by atoms with E-state index in [9.17, 15) is 14.4 Å². The summed E-state index contributed by atoms with van der Waals surface area (Å²) in [5, 5.41) is 8.77. The second-order valence-electron chi connectivity index (χ2n) is 3.80. The van der Waals surface area contributed by atoms with Crippen molar-refractivity contribution < 1.29 is 24.2 Å². The fourth-order valence-electron chi connectivity index (χ4n) is 1.85. The zero-order chi connectivity index (χ0) is 13.4. The van der Waals surface area contributed by atoms with Crippen LogP contribution >= 0.6 is 11.8 Å². The number of amides is 2. The molecule has 1 saturated heterocycles. The van der Waals surface area contributed by atoms with Crippen molar-refractivity contribution in [1.82, 2.24) is 4.90 Å². The monoisotopic (exact) mass is 273 g/mol. The molecule has 0 aliphatic carbocycles. The molecule has 2 heterocycles. The van der Waals surface area contributed by atoms with Crippen molar-refractivity contribution in [1.29, 1.82) is 0 Å². The minimum absolute atomic E-state index is 0.160. The van der Waals surface area contributed by atoms with E-state index in [0.717, 1.165) is 4.90 Å². The van der Waals surface area contributed by atoms with Gasteiger partial charge in [0.2, 0.25) is 5.91 Å². The molecule has 2 aliphatic heterocycles. The number of rotatable bonds is 3. The predicted molar refractivity (Wildman–Crippen MR) is 61.3 cm³/mol. The number of carbonyl (C=O) groups excluding carboxylic acids is 2. The summed E-state index contributed by atoms with van der Waals surface area (Å²) in [6.45, 7) is -0.240. The van der Waals surface area contributed by atoms with Crippen molar-refractivity contribution in [2.45, 2.75) is 11.4 Å². The Balaban J connectivity index is 2.26. The lowest BCUT2D eigenvalue weighted by Crippen LogP contribution is -2.68. The summed E-state index contributed by atoms with van der Waals surface area (Å²) >= 11 is 1.33. The third-order valence-corrected chi connectivity index (χ3v) is 4.04. The fraction of sp³-hybridized carbons (Fsp3) is 0.444. The topological polar surface area (TPSA) is 136 Å². The highest BCUT2D eigenvalue weighted by atomic mass is 32.2. The Morgan fingerprint density at radius 2 is 2.22 bits per heavy atom. The molecule has 8 nitrogen and oxygen atoms in total. The number of nitrogens with zero attached hydrogens (tertiary/aromatic N) is 1. The van der Waals surface area contributed by atoms with Crippen LogP contribution in [-0.2, 0) is 14.3 Å². The van der Waals surface area contributed by atoms with Gasteiger partial charge in [0, 0.05) is 11.3 Å². The summed E-state index contributed by atoms with van der Waals surface area (Å²) in [4.78, 5) is 34.4. The number of carbonyl (C=O) groups is 3. The van der Waals surface area contributed by atoms with Crippen LogP contribution in [-0.4, -0.2) is 51.8 Å². The first kappa shape index (κ1) is 12.7. The number of carboxylic acid groups (broad SMARTS) is 1. The smallest absolute Gasteiger partial charge is 0.404 e. The van der Waals surface area contributed by atoms with E-state index < -0.39 is 24.0 Å². The molecule has 2 amide bonds. The van der Waals surface area contributed by atoms with Crippen molar-refractivity contribution >= 4 is 29.7 Å². The number of β-lactam (4-membered cyclic amide) rings is 1. The number of carboxylic acids is 1. The van der Waals surface area contributed by atoms with Crippen molar-refractivity contribution in [2.75, 3.05) is 12.4 Å². The molecular formula is C9H11N3O5S. The number of nitrogens with two attached hydrogens (primary N) is 2. The molecule has 0 bridgehead atoms. The SMILES string of the molecule is NC(=O)OCC1=C(C(=O)O)N2C(=O)C(N)C2SC1. The predicted octanol–water partition coefficient (Wildman–Crippen LogP) is -1.34. The molecule has 0 aromatic heterocycles. The number of primary amides is 1. The van der Waals surface area contributed by atoms with E-state index in [0.29, 0.717) is 11.3 Å². The first-order valence-electron chi connectivity index (χ1n) is 5.01. The molecule has 2 rings (SSSR count). The highest BCUT2D eigenvalue weighted by Gasteiger charge is 2.51. The quantitative estimate of drug-likeness (QED) is 0.541. The molecule has 0 radical (unpaired) electrons. The molecule has 1 fully saturated rings. The zero-order valence-corrected chi connectivity index (χ0v) is 9.98. The third-order valence-electron chi connectivity index (χ3n) is 2.68. The average molecular weight is 273 g/mol. The van der Waals surface area contributed by atoms with Gasteiger partial charge in [0.1, 0.15) is 23.7 Å². The van der Waals surface area contributed by atoms with E-state index >= 15 is 0 Å². The first-order valence-corrected chi connectivity index (χ1v) is 6.06. The van der Waals surface area contributed by atoms with Gasteiger partial charge in [-0.15, -0.1) is 11.8 Å². The molecule has 18 heavy (non-hydrogen) atoms. The van der Waals surface area contributed by atoms with Crippen molar-refractivity contribution in [3.05, 3.63) is 11.3 Å². The molecule has 0 aromatic rings. The molecule has 2 aliphatic rings. The Morgan fingerprint density at radius 1 is 1.56 bits per heavy atom. The summed E-state index contributed by atoms with van der Waals surface area (Å²) in [5.41, 5.74) is 10.6. The van der Waals surface area contributed by atoms with Gasteiger partial charge in [-0.2, -0.15) is 0 Å². The molecular weight excluding hydrogens is 262 g/mol. The number of aliphatic carboxylic acids is 1. The number of hydrogen-bond donors (Lipinski definition) is 3. The van der Waals surface area contributed by atoms with Crippen LogP contribution in [0.3, 0.4) is 0 Å². The lowest BCUT2D eigenvalue weighted by atomic mass is 10.0. The van der Waals surface area contributed by atoms with Gasteiger partial charge < -0.3 is 21.3 Å². The van der Waals surface area contributed by atoms with Crippen LogP contribution in [0.1, 0.15) is 0 Å². The van der Waals surface area contributed by atoms with Gasteiger partial charge >= 0.3 is 12.1 Å². The minimum Gasteiger partial charge on any atom is -0.477 e. The zero-order valence-electron chi connectivity index (χ0n) is 9.16. The summed E-state index contributed by atoms with van der Waals surface area (Å²) < 4.78 is 4.57. The number of ether oxygens (including phenoxy) is 1. The molecule has 98 valence electrons. The van der Waals surface area contributed by atoms with Crippen molar-refractivity contribution in [2.24, 2.45) is 11.5 Å². The van der Waals surface area contributed by atoms with E-state index in [1.54, 1.807) is 0 Å². The van der Waals surface area contributed by atoms with Gasteiger partial charge in [-0.1, -0.05) is 0 Å². The minimum atomic E-state index is -1.25. The van der Waals surface area contributed by atoms with E-state index in [1.807, 2.05) is 0 Å². The number of fused-ring (bicyclic) bond motifs is 1. The Morgan fingerprint density at radius 3 is 2.78 bits per heavy atom. The van der Waals surface area contributed by atoms with Crippen LogP contribution in [0.5, 0.6) is 0 Å². The Hall–Kier alpha value is -1.74. The van der Waals surface area contributed by atoms with Crippen LogP contribution in [0, 0.1) is 0 Å². The normalized spacial score (nSPS) is 26.5. The van der Waals surface area contributed by atoms with Crippen LogP contribution in [0.25, 0.3) is 0 Å². The number of thioether (sulfide) groups is 1. The van der Waals surface area contributed by atoms with Gasteiger partial charge in [-0.25, -0.2) is 9.59 Å². The lowest BCUT2D eigenvalue weighted by Gasteiger charge is -2.47. The van der Waals surface area contributed by atoms with Crippen LogP contribution in [0.2, 0.25) is 0 Å². The highest BCUT2D eigenvalue weighted by Crippen LogP contribution is 2.39. The van der Waals surface area contributed by atoms with Gasteiger partial charge in [0.15, 0.2) is 0 Å². The van der Waals surface area contributed by atoms with Crippen LogP contribution < -0.4 is 11.5 Å².